The molecule has 0 atom stereocenters. The molecule has 0 aliphatic carbocycles. The zero-order valence-electron chi connectivity index (χ0n) is 9.86. The smallest absolute Gasteiger partial charge is 0.242 e. The largest absolute Gasteiger partial charge is 0.396 e. The lowest BCUT2D eigenvalue weighted by atomic mass is 10.3. The van der Waals surface area contributed by atoms with Crippen LogP contribution in [0.15, 0.2) is 12.3 Å². The molecule has 98 valence electrons. The number of pyridine rings is 1. The number of rotatable bonds is 3. The Bertz CT molecular complexity index is 435. The molecule has 1 aliphatic rings. The Morgan fingerprint density at radius 2 is 2.28 bits per heavy atom. The third kappa shape index (κ3) is 3.24. The van der Waals surface area contributed by atoms with Crippen molar-refractivity contribution in [1.29, 1.82) is 0 Å². The first kappa shape index (κ1) is 12.9. The summed E-state index contributed by atoms with van der Waals surface area (Å²) in [5, 5.41) is 3.38. The first-order valence-electron chi connectivity index (χ1n) is 5.67. The fourth-order valence-electron chi connectivity index (χ4n) is 1.69. The van der Waals surface area contributed by atoms with E-state index in [-0.39, 0.29) is 12.5 Å². The Morgan fingerprint density at radius 3 is 2.94 bits per heavy atom. The van der Waals surface area contributed by atoms with E-state index in [4.69, 9.17) is 22.1 Å². The predicted molar refractivity (Wildman–Crippen MR) is 69.5 cm³/mol. The molecule has 2 rings (SSSR count). The molecule has 0 spiro atoms. The lowest BCUT2D eigenvalue weighted by Gasteiger charge is -2.27. The fraction of sp³-hybridized carbons (Fsp3) is 0.455. The summed E-state index contributed by atoms with van der Waals surface area (Å²) in [7, 11) is 0. The molecule has 1 fully saturated rings. The fourth-order valence-corrected chi connectivity index (χ4v) is 1.85. The Morgan fingerprint density at radius 1 is 1.56 bits per heavy atom. The van der Waals surface area contributed by atoms with Crippen LogP contribution >= 0.6 is 11.6 Å². The van der Waals surface area contributed by atoms with Crippen molar-refractivity contribution in [2.45, 2.75) is 0 Å². The quantitative estimate of drug-likeness (QED) is 0.840. The molecule has 0 aromatic carbocycles. The third-order valence-electron chi connectivity index (χ3n) is 2.65. The lowest BCUT2D eigenvalue weighted by molar-refractivity contribution is -0.133. The van der Waals surface area contributed by atoms with Crippen molar-refractivity contribution in [3.63, 3.8) is 0 Å². The van der Waals surface area contributed by atoms with Gasteiger partial charge in [0.25, 0.3) is 0 Å². The van der Waals surface area contributed by atoms with Crippen LogP contribution in [0.1, 0.15) is 0 Å². The van der Waals surface area contributed by atoms with Crippen LogP contribution < -0.4 is 11.1 Å². The highest BCUT2D eigenvalue weighted by Gasteiger charge is 2.16. The molecule has 2 heterocycles. The molecule has 0 saturated carbocycles. The number of morpholine rings is 1. The van der Waals surface area contributed by atoms with Crippen LogP contribution in [0.4, 0.5) is 11.5 Å². The monoisotopic (exact) mass is 270 g/mol. The van der Waals surface area contributed by atoms with Crippen molar-refractivity contribution < 1.29 is 9.53 Å². The summed E-state index contributed by atoms with van der Waals surface area (Å²) in [5.74, 6) is 0.482. The van der Waals surface area contributed by atoms with E-state index < -0.39 is 0 Å². The van der Waals surface area contributed by atoms with Crippen LogP contribution in [0.2, 0.25) is 5.02 Å². The zero-order chi connectivity index (χ0) is 13.0. The number of carbonyl (C=O) groups excluding carboxylic acids is 1. The first-order valence-corrected chi connectivity index (χ1v) is 6.05. The summed E-state index contributed by atoms with van der Waals surface area (Å²) in [6, 6.07) is 1.59. The van der Waals surface area contributed by atoms with E-state index in [0.29, 0.717) is 42.8 Å². The molecule has 0 bridgehead atoms. The van der Waals surface area contributed by atoms with Gasteiger partial charge in [0.2, 0.25) is 5.91 Å². The van der Waals surface area contributed by atoms with Gasteiger partial charge in [-0.15, -0.1) is 0 Å². The maximum absolute atomic E-state index is 11.9. The summed E-state index contributed by atoms with van der Waals surface area (Å²) in [4.78, 5) is 17.6. The van der Waals surface area contributed by atoms with E-state index in [1.807, 2.05) is 0 Å². The van der Waals surface area contributed by atoms with Crippen LogP contribution in [-0.2, 0) is 9.53 Å². The Balaban J connectivity index is 1.88. The minimum Gasteiger partial charge on any atom is -0.396 e. The average Bonchev–Trinajstić information content (AvgIpc) is 2.38. The number of nitrogens with zero attached hydrogens (tertiary/aromatic N) is 2. The summed E-state index contributed by atoms with van der Waals surface area (Å²) < 4.78 is 5.18. The Labute approximate surface area is 110 Å². The minimum atomic E-state index is 0.00875. The van der Waals surface area contributed by atoms with Crippen molar-refractivity contribution in [3.8, 4) is 0 Å². The number of aromatic nitrogens is 1. The van der Waals surface area contributed by atoms with Gasteiger partial charge in [0, 0.05) is 19.3 Å². The maximum Gasteiger partial charge on any atom is 0.242 e. The molecule has 1 aromatic rings. The van der Waals surface area contributed by atoms with Gasteiger partial charge in [-0.2, -0.15) is 0 Å². The third-order valence-corrected chi connectivity index (χ3v) is 2.86. The summed E-state index contributed by atoms with van der Waals surface area (Å²) >= 11 is 5.74. The molecule has 0 unspecified atom stereocenters. The van der Waals surface area contributed by atoms with Crippen molar-refractivity contribution in [3.05, 3.63) is 17.3 Å². The number of hydrogen-bond donors (Lipinski definition) is 2. The van der Waals surface area contributed by atoms with Crippen molar-refractivity contribution in [2.24, 2.45) is 0 Å². The Hall–Kier alpha value is -1.53. The highest BCUT2D eigenvalue weighted by atomic mass is 35.5. The number of nitrogens with one attached hydrogen (secondary N) is 1. The second-order valence-corrected chi connectivity index (χ2v) is 4.37. The molecule has 1 aliphatic heterocycles. The maximum atomic E-state index is 11.9. The van der Waals surface area contributed by atoms with Gasteiger partial charge in [0.05, 0.1) is 30.5 Å². The minimum absolute atomic E-state index is 0.00875. The summed E-state index contributed by atoms with van der Waals surface area (Å²) in [6.07, 6.45) is 1.49. The SMILES string of the molecule is Nc1cc(Cl)cnc1NCC(=O)N1CCOCC1. The van der Waals surface area contributed by atoms with E-state index in [9.17, 15) is 4.79 Å². The van der Waals surface area contributed by atoms with E-state index >= 15 is 0 Å². The predicted octanol–water partition coefficient (Wildman–Crippen LogP) is 0.588. The molecule has 1 saturated heterocycles. The topological polar surface area (TPSA) is 80.5 Å². The van der Waals surface area contributed by atoms with E-state index in [1.54, 1.807) is 11.0 Å². The highest BCUT2D eigenvalue weighted by Crippen LogP contribution is 2.19. The molecule has 0 radical (unpaired) electrons. The van der Waals surface area contributed by atoms with Gasteiger partial charge in [-0.1, -0.05) is 11.6 Å². The number of anilines is 2. The van der Waals surface area contributed by atoms with Crippen molar-refractivity contribution in [1.82, 2.24) is 9.88 Å². The van der Waals surface area contributed by atoms with Gasteiger partial charge in [0.15, 0.2) is 0 Å². The Kier molecular flexibility index (Phi) is 4.22. The number of amides is 1. The molecule has 6 nitrogen and oxygen atoms in total. The molecule has 1 amide bonds. The van der Waals surface area contributed by atoms with E-state index in [1.165, 1.54) is 6.20 Å². The van der Waals surface area contributed by atoms with Gasteiger partial charge in [-0.3, -0.25) is 4.79 Å². The van der Waals surface area contributed by atoms with Gasteiger partial charge >= 0.3 is 0 Å². The number of nitrogen functional groups attached to an aromatic ring is 1. The van der Waals surface area contributed by atoms with Gasteiger partial charge in [0.1, 0.15) is 5.82 Å². The average molecular weight is 271 g/mol. The molecule has 7 heteroatoms. The zero-order valence-corrected chi connectivity index (χ0v) is 10.6. The van der Waals surface area contributed by atoms with E-state index in [0.717, 1.165) is 0 Å². The number of carbonyl (C=O) groups is 1. The van der Waals surface area contributed by atoms with E-state index in [2.05, 4.69) is 10.3 Å². The molecular formula is C11H15ClN4O2. The summed E-state index contributed by atoms with van der Waals surface area (Å²) in [5.41, 5.74) is 6.16. The second kappa shape index (κ2) is 5.88. The van der Waals surface area contributed by atoms with Crippen molar-refractivity contribution in [2.75, 3.05) is 43.9 Å². The normalized spacial score (nSPS) is 15.5. The lowest BCUT2D eigenvalue weighted by Crippen LogP contribution is -2.43. The first-order chi connectivity index (χ1) is 8.66. The van der Waals surface area contributed by atoms with Crippen LogP contribution in [0, 0.1) is 0 Å². The molecule has 18 heavy (non-hydrogen) atoms. The standard InChI is InChI=1S/C11H15ClN4O2/c12-8-5-9(13)11(14-6-8)15-7-10(17)16-1-3-18-4-2-16/h5-6H,1-4,7,13H2,(H,14,15). The van der Waals surface area contributed by atoms with Crippen LogP contribution in [0.3, 0.4) is 0 Å². The van der Waals surface area contributed by atoms with Crippen LogP contribution in [0.25, 0.3) is 0 Å². The molecule has 3 N–H and O–H groups in total. The summed E-state index contributed by atoms with van der Waals surface area (Å²) in [6.45, 7) is 2.60. The van der Waals surface area contributed by atoms with Crippen LogP contribution in [0.5, 0.6) is 0 Å². The number of ether oxygens (including phenoxy) is 1. The van der Waals surface area contributed by atoms with Crippen molar-refractivity contribution >= 4 is 29.0 Å². The molecule has 1 aromatic heterocycles. The van der Waals surface area contributed by atoms with Gasteiger partial charge in [-0.25, -0.2) is 4.98 Å². The van der Waals surface area contributed by atoms with Gasteiger partial charge < -0.3 is 20.7 Å². The number of halogens is 1. The number of nitrogens with two attached hydrogens (primary N) is 1. The molecular weight excluding hydrogens is 256 g/mol. The highest BCUT2D eigenvalue weighted by molar-refractivity contribution is 6.30. The number of hydrogen-bond acceptors (Lipinski definition) is 5. The van der Waals surface area contributed by atoms with Gasteiger partial charge in [-0.05, 0) is 6.07 Å². The van der Waals surface area contributed by atoms with Crippen LogP contribution in [-0.4, -0.2) is 48.6 Å². The second-order valence-electron chi connectivity index (χ2n) is 3.94.